The van der Waals surface area contributed by atoms with Crippen molar-refractivity contribution in [1.29, 1.82) is 10.5 Å². The van der Waals surface area contributed by atoms with Gasteiger partial charge < -0.3 is 0 Å². The SMILES string of the molecule is N#CC1=NC(Br)C(C#N)N=C1Br. The first kappa shape index (κ1) is 9.37. The van der Waals surface area contributed by atoms with Gasteiger partial charge in [0.1, 0.15) is 15.6 Å². The third-order valence-corrected chi connectivity index (χ3v) is 2.48. The molecule has 1 rings (SSSR count). The van der Waals surface area contributed by atoms with Gasteiger partial charge in [-0.15, -0.1) is 0 Å². The summed E-state index contributed by atoms with van der Waals surface area (Å²) < 4.78 is 0.340. The van der Waals surface area contributed by atoms with Gasteiger partial charge in [0.2, 0.25) is 0 Å². The van der Waals surface area contributed by atoms with E-state index in [1.54, 1.807) is 0 Å². The first-order chi connectivity index (χ1) is 5.69. The Kier molecular flexibility index (Phi) is 2.96. The molecule has 2 unspecified atom stereocenters. The second-order valence-corrected chi connectivity index (χ2v) is 3.65. The molecule has 0 saturated carbocycles. The van der Waals surface area contributed by atoms with E-state index in [2.05, 4.69) is 41.8 Å². The smallest absolute Gasteiger partial charge is 0.170 e. The van der Waals surface area contributed by atoms with Crippen molar-refractivity contribution in [2.24, 2.45) is 9.98 Å². The zero-order chi connectivity index (χ0) is 9.14. The van der Waals surface area contributed by atoms with Crippen LogP contribution in [0.5, 0.6) is 0 Å². The second-order valence-electron chi connectivity index (χ2n) is 1.96. The van der Waals surface area contributed by atoms with Crippen LogP contribution in [-0.2, 0) is 0 Å². The third-order valence-electron chi connectivity index (χ3n) is 1.20. The summed E-state index contributed by atoms with van der Waals surface area (Å²) in [6.45, 7) is 0. The van der Waals surface area contributed by atoms with Gasteiger partial charge in [0.05, 0.1) is 6.07 Å². The molecule has 0 spiro atoms. The highest BCUT2D eigenvalue weighted by Gasteiger charge is 2.24. The Labute approximate surface area is 85.9 Å². The minimum atomic E-state index is -0.559. The van der Waals surface area contributed by atoms with Gasteiger partial charge >= 0.3 is 0 Å². The highest BCUT2D eigenvalue weighted by molar-refractivity contribution is 9.19. The molecule has 0 aromatic carbocycles. The van der Waals surface area contributed by atoms with Gasteiger partial charge in [-0.1, -0.05) is 15.9 Å². The molecule has 1 heterocycles. The fourth-order valence-electron chi connectivity index (χ4n) is 0.657. The summed E-state index contributed by atoms with van der Waals surface area (Å²) in [5.41, 5.74) is 0.211. The van der Waals surface area contributed by atoms with Crippen molar-refractivity contribution in [2.75, 3.05) is 0 Å². The lowest BCUT2D eigenvalue weighted by atomic mass is 10.3. The molecule has 60 valence electrons. The van der Waals surface area contributed by atoms with Gasteiger partial charge in [0, 0.05) is 0 Å². The summed E-state index contributed by atoms with van der Waals surface area (Å²) >= 11 is 6.18. The Morgan fingerprint density at radius 3 is 2.50 bits per heavy atom. The molecule has 12 heavy (non-hydrogen) atoms. The van der Waals surface area contributed by atoms with E-state index in [-0.39, 0.29) is 5.71 Å². The van der Waals surface area contributed by atoms with Crippen LogP contribution in [0, 0.1) is 22.7 Å². The van der Waals surface area contributed by atoms with Crippen molar-refractivity contribution in [3.63, 3.8) is 0 Å². The van der Waals surface area contributed by atoms with Gasteiger partial charge in [0.25, 0.3) is 0 Å². The third kappa shape index (κ3) is 1.71. The van der Waals surface area contributed by atoms with E-state index >= 15 is 0 Å². The molecule has 0 fully saturated rings. The molecule has 2 atom stereocenters. The topological polar surface area (TPSA) is 72.3 Å². The van der Waals surface area contributed by atoms with Crippen molar-refractivity contribution >= 4 is 42.2 Å². The van der Waals surface area contributed by atoms with Gasteiger partial charge in [-0.2, -0.15) is 10.5 Å². The van der Waals surface area contributed by atoms with Gasteiger partial charge in [-0.3, -0.25) is 9.98 Å². The number of nitrogens with zero attached hydrogens (tertiary/aromatic N) is 4. The van der Waals surface area contributed by atoms with Crippen LogP contribution in [0.1, 0.15) is 0 Å². The van der Waals surface area contributed by atoms with Crippen LogP contribution >= 0.6 is 31.9 Å². The van der Waals surface area contributed by atoms with E-state index in [1.165, 1.54) is 0 Å². The first-order valence-corrected chi connectivity index (χ1v) is 4.65. The number of halogens is 2. The molecule has 0 amide bonds. The Morgan fingerprint density at radius 2 is 2.00 bits per heavy atom. The standard InChI is InChI=1S/C6H2Br2N4/c7-5-3(1-9)11-6(8)4(2-10)12-5/h3,5H. The maximum Gasteiger partial charge on any atom is 0.170 e. The summed E-state index contributed by atoms with van der Waals surface area (Å²) in [5.74, 6) is 0. The molecule has 1 aliphatic heterocycles. The number of rotatable bonds is 0. The number of alkyl halides is 1. The average molecular weight is 290 g/mol. The summed E-state index contributed by atoms with van der Waals surface area (Å²) in [7, 11) is 0. The summed E-state index contributed by atoms with van der Waals surface area (Å²) in [4.78, 5) is 7.39. The molecule has 0 aliphatic carbocycles. The number of hydrogen-bond donors (Lipinski definition) is 0. The lowest BCUT2D eigenvalue weighted by Gasteiger charge is -2.13. The molecule has 6 heteroatoms. The van der Waals surface area contributed by atoms with E-state index in [9.17, 15) is 0 Å². The van der Waals surface area contributed by atoms with Gasteiger partial charge in [0.15, 0.2) is 11.8 Å². The van der Waals surface area contributed by atoms with Crippen LogP contribution in [0.2, 0.25) is 0 Å². The molecule has 4 nitrogen and oxygen atoms in total. The van der Waals surface area contributed by atoms with Crippen LogP contribution < -0.4 is 0 Å². The molecule has 0 radical (unpaired) electrons. The maximum absolute atomic E-state index is 8.58. The number of aliphatic imine (C=N–C) groups is 2. The largest absolute Gasteiger partial charge is 0.253 e. The number of hydrogen-bond acceptors (Lipinski definition) is 4. The van der Waals surface area contributed by atoms with Crippen molar-refractivity contribution in [3.05, 3.63) is 0 Å². The molecule has 0 N–H and O–H groups in total. The fourth-order valence-corrected chi connectivity index (χ4v) is 1.51. The minimum Gasteiger partial charge on any atom is -0.253 e. The first-order valence-electron chi connectivity index (χ1n) is 2.94. The Bertz CT molecular complexity index is 332. The molecular weight excluding hydrogens is 288 g/mol. The lowest BCUT2D eigenvalue weighted by molar-refractivity contribution is 0.797. The fraction of sp³-hybridized carbons (Fsp3) is 0.333. The predicted octanol–water partition coefficient (Wildman–Crippen LogP) is 1.37. The monoisotopic (exact) mass is 288 g/mol. The predicted molar refractivity (Wildman–Crippen MR) is 51.5 cm³/mol. The molecule has 0 saturated heterocycles. The summed E-state index contributed by atoms with van der Waals surface area (Å²) in [6, 6.07) is 3.25. The van der Waals surface area contributed by atoms with E-state index in [4.69, 9.17) is 10.5 Å². The van der Waals surface area contributed by atoms with E-state index in [0.717, 1.165) is 0 Å². The van der Waals surface area contributed by atoms with Crippen LogP contribution in [0.4, 0.5) is 0 Å². The highest BCUT2D eigenvalue weighted by Crippen LogP contribution is 2.17. The summed E-state index contributed by atoms with van der Waals surface area (Å²) in [5, 5.41) is 17.1. The van der Waals surface area contributed by atoms with E-state index in [1.807, 2.05) is 12.1 Å². The average Bonchev–Trinajstić information content (AvgIpc) is 2.08. The van der Waals surface area contributed by atoms with Crippen molar-refractivity contribution in [2.45, 2.75) is 11.0 Å². The van der Waals surface area contributed by atoms with E-state index < -0.39 is 11.0 Å². The summed E-state index contributed by atoms with van der Waals surface area (Å²) in [6.07, 6.45) is 0. The highest BCUT2D eigenvalue weighted by atomic mass is 79.9. The lowest BCUT2D eigenvalue weighted by Crippen LogP contribution is -2.25. The Balaban J connectivity index is 2.99. The minimum absolute atomic E-state index is 0.211. The Hall–Kier alpha value is -0.720. The van der Waals surface area contributed by atoms with Crippen molar-refractivity contribution in [3.8, 4) is 12.1 Å². The number of nitriles is 2. The molecule has 1 aliphatic rings. The van der Waals surface area contributed by atoms with E-state index in [0.29, 0.717) is 4.62 Å². The second kappa shape index (κ2) is 3.79. The maximum atomic E-state index is 8.58. The zero-order valence-corrected chi connectivity index (χ0v) is 8.87. The van der Waals surface area contributed by atoms with Gasteiger partial charge in [-0.05, 0) is 15.9 Å². The van der Waals surface area contributed by atoms with Crippen LogP contribution in [-0.4, -0.2) is 21.3 Å². The van der Waals surface area contributed by atoms with Crippen molar-refractivity contribution in [1.82, 2.24) is 0 Å². The van der Waals surface area contributed by atoms with Crippen LogP contribution in [0.25, 0.3) is 0 Å². The normalized spacial score (nSPS) is 28.0. The van der Waals surface area contributed by atoms with Crippen LogP contribution in [0.15, 0.2) is 9.98 Å². The molecule has 0 aromatic rings. The van der Waals surface area contributed by atoms with Crippen molar-refractivity contribution < 1.29 is 0 Å². The quantitative estimate of drug-likeness (QED) is 0.499. The molecular formula is C6H2Br2N4. The molecule has 0 aromatic heterocycles. The Morgan fingerprint density at radius 1 is 1.33 bits per heavy atom. The zero-order valence-electron chi connectivity index (χ0n) is 5.70. The van der Waals surface area contributed by atoms with Crippen LogP contribution in [0.3, 0.4) is 0 Å². The molecule has 0 bridgehead atoms. The van der Waals surface area contributed by atoms with Gasteiger partial charge in [-0.25, -0.2) is 0 Å².